The van der Waals surface area contributed by atoms with E-state index in [1.54, 1.807) is 7.11 Å². The molecule has 1 aromatic heterocycles. The number of aliphatic hydroxyl groups is 1. The number of aliphatic hydroxyl groups excluding tert-OH is 1. The minimum Gasteiger partial charge on any atom is -0.387 e. The van der Waals surface area contributed by atoms with Gasteiger partial charge in [0.05, 0.1) is 6.10 Å². The molecule has 2 fully saturated rings. The maximum Gasteiger partial charge on any atom is 0.258 e. The summed E-state index contributed by atoms with van der Waals surface area (Å²) in [6, 6.07) is 8.01. The molecule has 7 nitrogen and oxygen atoms in total. The number of aryl methyl sites for hydroxylation is 1. The monoisotopic (exact) mass is 401 g/mol. The Labute approximate surface area is 172 Å². The summed E-state index contributed by atoms with van der Waals surface area (Å²) < 4.78 is 17.0. The number of methoxy groups -OCH3 is 1. The number of rotatable bonds is 6. The van der Waals surface area contributed by atoms with Crippen molar-refractivity contribution < 1.29 is 19.1 Å². The lowest BCUT2D eigenvalue weighted by atomic mass is 9.90. The molecule has 2 aliphatic rings. The molecular formula is C22H31N3O4. The van der Waals surface area contributed by atoms with Crippen molar-refractivity contribution in [3.05, 3.63) is 47.1 Å². The van der Waals surface area contributed by atoms with E-state index in [0.29, 0.717) is 18.4 Å². The minimum atomic E-state index is -0.541. The van der Waals surface area contributed by atoms with Crippen LogP contribution in [0.4, 0.5) is 0 Å². The molecule has 29 heavy (non-hydrogen) atoms. The summed E-state index contributed by atoms with van der Waals surface area (Å²) in [5.41, 5.74) is 1.57. The van der Waals surface area contributed by atoms with Crippen molar-refractivity contribution in [3.8, 4) is 0 Å². The number of nitrogens with zero attached hydrogens (tertiary/aromatic N) is 3. The average molecular weight is 402 g/mol. The van der Waals surface area contributed by atoms with Crippen LogP contribution in [0.15, 0.2) is 28.8 Å². The number of β-amino-alcohol motifs (C(OH)–C–C–N with tert-alkyl or cyclic N) is 1. The molecule has 2 aliphatic heterocycles. The molecule has 2 saturated heterocycles. The van der Waals surface area contributed by atoms with Gasteiger partial charge in [0.25, 0.3) is 5.89 Å². The molecule has 0 saturated carbocycles. The van der Waals surface area contributed by atoms with Gasteiger partial charge in [0.2, 0.25) is 0 Å². The quantitative estimate of drug-likeness (QED) is 0.797. The van der Waals surface area contributed by atoms with Crippen LogP contribution in [0.1, 0.15) is 60.5 Å². The summed E-state index contributed by atoms with van der Waals surface area (Å²) in [7, 11) is 1.72. The number of benzene rings is 1. The molecule has 3 heterocycles. The van der Waals surface area contributed by atoms with Crippen LogP contribution in [0.5, 0.6) is 0 Å². The first-order chi connectivity index (χ1) is 14.1. The Balaban J connectivity index is 1.39. The van der Waals surface area contributed by atoms with Gasteiger partial charge in [0.15, 0.2) is 5.82 Å². The van der Waals surface area contributed by atoms with Gasteiger partial charge in [-0.15, -0.1) is 0 Å². The van der Waals surface area contributed by atoms with E-state index in [2.05, 4.69) is 10.1 Å². The summed E-state index contributed by atoms with van der Waals surface area (Å²) in [6.45, 7) is 5.78. The summed E-state index contributed by atoms with van der Waals surface area (Å²) in [5, 5.41) is 14.9. The summed E-state index contributed by atoms with van der Waals surface area (Å²) in [6.07, 6.45) is 2.90. The van der Waals surface area contributed by atoms with Crippen molar-refractivity contribution in [3.63, 3.8) is 0 Å². The molecule has 7 heteroatoms. The SMILES string of the molecule is COC1(c2nc(C3CCOCC3)no2)CCN(C[C@H](O)c2ccccc2C)CC1. The lowest BCUT2D eigenvalue weighted by molar-refractivity contribution is -0.0866. The van der Waals surface area contributed by atoms with Gasteiger partial charge in [0.1, 0.15) is 5.60 Å². The molecule has 1 aromatic carbocycles. The van der Waals surface area contributed by atoms with Gasteiger partial charge in [-0.1, -0.05) is 29.4 Å². The van der Waals surface area contributed by atoms with E-state index in [0.717, 1.165) is 68.9 Å². The Morgan fingerprint density at radius 1 is 1.24 bits per heavy atom. The second kappa shape index (κ2) is 8.92. The van der Waals surface area contributed by atoms with Crippen LogP contribution in [-0.2, 0) is 15.1 Å². The maximum atomic E-state index is 10.7. The highest BCUT2D eigenvalue weighted by Crippen LogP contribution is 2.37. The molecule has 0 aliphatic carbocycles. The first kappa shape index (κ1) is 20.5. The first-order valence-corrected chi connectivity index (χ1v) is 10.5. The molecular weight excluding hydrogens is 370 g/mol. The number of ether oxygens (including phenoxy) is 2. The standard InChI is InChI=1S/C22H31N3O4/c1-16-5-3-4-6-18(16)19(26)15-25-11-9-22(27-2,10-12-25)21-23-20(24-29-21)17-7-13-28-14-8-17/h3-6,17,19,26H,7-15H2,1-2H3/t19-/m0/s1. The van der Waals surface area contributed by atoms with E-state index in [-0.39, 0.29) is 0 Å². The molecule has 2 aromatic rings. The molecule has 4 rings (SSSR count). The summed E-state index contributed by atoms with van der Waals surface area (Å²) >= 11 is 0. The second-order valence-electron chi connectivity index (χ2n) is 8.22. The Kier molecular flexibility index (Phi) is 6.29. The lowest BCUT2D eigenvalue weighted by Gasteiger charge is -2.39. The van der Waals surface area contributed by atoms with Crippen LogP contribution in [0.2, 0.25) is 0 Å². The van der Waals surface area contributed by atoms with Crippen molar-refractivity contribution in [1.29, 1.82) is 0 Å². The Morgan fingerprint density at radius 3 is 2.66 bits per heavy atom. The zero-order valence-corrected chi connectivity index (χ0v) is 17.3. The van der Waals surface area contributed by atoms with Gasteiger partial charge in [-0.25, -0.2) is 0 Å². The molecule has 1 N–H and O–H groups in total. The fraction of sp³-hybridized carbons (Fsp3) is 0.636. The second-order valence-corrected chi connectivity index (χ2v) is 8.22. The van der Waals surface area contributed by atoms with Crippen LogP contribution in [0.3, 0.4) is 0 Å². The van der Waals surface area contributed by atoms with Crippen molar-refractivity contribution in [1.82, 2.24) is 15.0 Å². The molecule has 1 atom stereocenters. The average Bonchev–Trinajstić information content (AvgIpc) is 3.26. The zero-order chi connectivity index (χ0) is 20.3. The van der Waals surface area contributed by atoms with E-state index in [1.807, 2.05) is 31.2 Å². The van der Waals surface area contributed by atoms with Crippen LogP contribution in [-0.4, -0.2) is 60.1 Å². The van der Waals surface area contributed by atoms with E-state index in [9.17, 15) is 5.11 Å². The largest absolute Gasteiger partial charge is 0.387 e. The molecule has 158 valence electrons. The smallest absolute Gasteiger partial charge is 0.258 e. The van der Waals surface area contributed by atoms with Crippen molar-refractivity contribution in [2.24, 2.45) is 0 Å². The van der Waals surface area contributed by atoms with E-state index >= 15 is 0 Å². The number of hydrogen-bond donors (Lipinski definition) is 1. The molecule has 0 amide bonds. The van der Waals surface area contributed by atoms with Gasteiger partial charge < -0.3 is 24.0 Å². The van der Waals surface area contributed by atoms with E-state index < -0.39 is 11.7 Å². The number of piperidine rings is 1. The number of likely N-dealkylation sites (tertiary alicyclic amines) is 1. The minimum absolute atomic E-state index is 0.305. The lowest BCUT2D eigenvalue weighted by Crippen LogP contribution is -2.45. The third-order valence-corrected chi connectivity index (χ3v) is 6.45. The summed E-state index contributed by atoms with van der Waals surface area (Å²) in [5.74, 6) is 1.66. The molecule has 0 bridgehead atoms. The maximum absolute atomic E-state index is 10.7. The van der Waals surface area contributed by atoms with Gasteiger partial charge in [-0.3, -0.25) is 0 Å². The van der Waals surface area contributed by atoms with Gasteiger partial charge in [0, 0.05) is 45.9 Å². The fourth-order valence-corrected chi connectivity index (χ4v) is 4.45. The Hall–Kier alpha value is -1.80. The van der Waals surface area contributed by atoms with E-state index in [4.69, 9.17) is 19.0 Å². The number of aromatic nitrogens is 2. The highest BCUT2D eigenvalue weighted by atomic mass is 16.5. The fourth-order valence-electron chi connectivity index (χ4n) is 4.45. The Bertz CT molecular complexity index is 795. The zero-order valence-electron chi connectivity index (χ0n) is 17.3. The van der Waals surface area contributed by atoms with Crippen molar-refractivity contribution >= 4 is 0 Å². The molecule has 0 unspecified atom stereocenters. The third-order valence-electron chi connectivity index (χ3n) is 6.45. The van der Waals surface area contributed by atoms with Crippen LogP contribution in [0.25, 0.3) is 0 Å². The predicted octanol–water partition coefficient (Wildman–Crippen LogP) is 2.94. The van der Waals surface area contributed by atoms with E-state index in [1.165, 1.54) is 0 Å². The highest BCUT2D eigenvalue weighted by Gasteiger charge is 2.42. The van der Waals surface area contributed by atoms with Crippen molar-refractivity contribution in [2.75, 3.05) is 40.0 Å². The Morgan fingerprint density at radius 2 is 1.97 bits per heavy atom. The van der Waals surface area contributed by atoms with Gasteiger partial charge >= 0.3 is 0 Å². The van der Waals surface area contributed by atoms with Gasteiger partial charge in [-0.05, 0) is 43.7 Å². The third kappa shape index (κ3) is 4.38. The van der Waals surface area contributed by atoms with Crippen LogP contribution < -0.4 is 0 Å². The first-order valence-electron chi connectivity index (χ1n) is 10.5. The molecule has 0 radical (unpaired) electrons. The van der Waals surface area contributed by atoms with Crippen LogP contribution >= 0.6 is 0 Å². The molecule has 0 spiro atoms. The van der Waals surface area contributed by atoms with Crippen molar-refractivity contribution in [2.45, 2.75) is 50.2 Å². The van der Waals surface area contributed by atoms with Crippen LogP contribution in [0, 0.1) is 6.92 Å². The predicted molar refractivity (Wildman–Crippen MR) is 108 cm³/mol. The highest BCUT2D eigenvalue weighted by molar-refractivity contribution is 5.27. The normalized spacial score (nSPS) is 21.9. The topological polar surface area (TPSA) is 80.9 Å². The van der Waals surface area contributed by atoms with Gasteiger partial charge in [-0.2, -0.15) is 4.98 Å². The summed E-state index contributed by atoms with van der Waals surface area (Å²) in [4.78, 5) is 7.00. The number of hydrogen-bond acceptors (Lipinski definition) is 7.